The van der Waals surface area contributed by atoms with Gasteiger partial charge in [0.1, 0.15) is 12.4 Å². The number of carbonyl (C=O) groups is 1. The predicted molar refractivity (Wildman–Crippen MR) is 38.5 cm³/mol. The Morgan fingerprint density at radius 3 is 3.09 bits per heavy atom. The Labute approximate surface area is 64.3 Å². The molecule has 0 bridgehead atoms. The van der Waals surface area contributed by atoms with E-state index in [1.807, 2.05) is 0 Å². The summed E-state index contributed by atoms with van der Waals surface area (Å²) in [6.07, 6.45) is 5.31. The molecule has 1 aliphatic rings. The fraction of sp³-hybridized carbons (Fsp3) is 0.250. The zero-order valence-corrected chi connectivity index (χ0v) is 5.82. The van der Waals surface area contributed by atoms with Gasteiger partial charge in [0, 0.05) is 12.0 Å². The fourth-order valence-electron chi connectivity index (χ4n) is 0.909. The lowest BCUT2D eigenvalue weighted by Crippen LogP contribution is -2.24. The van der Waals surface area contributed by atoms with Gasteiger partial charge in [-0.05, 0) is 6.08 Å². The van der Waals surface area contributed by atoms with E-state index in [-0.39, 0.29) is 6.42 Å². The molecule has 0 saturated carbocycles. The van der Waals surface area contributed by atoms with Crippen LogP contribution in [-0.4, -0.2) is 17.0 Å². The highest BCUT2D eigenvalue weighted by Gasteiger charge is 2.24. The highest BCUT2D eigenvalue weighted by atomic mass is 16.3. The van der Waals surface area contributed by atoms with Crippen LogP contribution < -0.4 is 0 Å². The number of aldehydes is 1. The van der Waals surface area contributed by atoms with Crippen LogP contribution in [-0.2, 0) is 4.79 Å². The Kier molecular flexibility index (Phi) is 1.88. The van der Waals surface area contributed by atoms with Crippen molar-refractivity contribution in [2.45, 2.75) is 12.0 Å². The molecule has 0 heterocycles. The van der Waals surface area contributed by atoms with Crippen molar-refractivity contribution in [2.24, 2.45) is 0 Å². The third kappa shape index (κ3) is 1.54. The van der Waals surface area contributed by atoms with Gasteiger partial charge in [0.25, 0.3) is 0 Å². The second-order valence-electron chi connectivity index (χ2n) is 2.40. The monoisotopic (exact) mass is 149 g/mol. The van der Waals surface area contributed by atoms with Crippen molar-refractivity contribution in [3.05, 3.63) is 23.8 Å². The minimum Gasteiger partial charge on any atom is -0.372 e. The lowest BCUT2D eigenvalue weighted by atomic mass is 9.94. The van der Waals surface area contributed by atoms with Gasteiger partial charge in [0.15, 0.2) is 5.60 Å². The van der Waals surface area contributed by atoms with Crippen LogP contribution in [0, 0.1) is 11.3 Å². The molecule has 3 nitrogen and oxygen atoms in total. The van der Waals surface area contributed by atoms with Crippen molar-refractivity contribution < 1.29 is 9.90 Å². The maximum atomic E-state index is 10.2. The zero-order chi connectivity index (χ0) is 8.32. The maximum Gasteiger partial charge on any atom is 0.174 e. The number of hydrogen-bond donors (Lipinski definition) is 1. The van der Waals surface area contributed by atoms with Crippen LogP contribution in [0.4, 0.5) is 0 Å². The molecular weight excluding hydrogens is 142 g/mol. The maximum absolute atomic E-state index is 10.2. The smallest absolute Gasteiger partial charge is 0.174 e. The van der Waals surface area contributed by atoms with Crippen molar-refractivity contribution in [1.29, 1.82) is 5.26 Å². The second-order valence-corrected chi connectivity index (χ2v) is 2.40. The third-order valence-electron chi connectivity index (χ3n) is 1.47. The SMILES string of the molecule is N#CC1(O)C=C(C=O)C=CC1. The lowest BCUT2D eigenvalue weighted by Gasteiger charge is -2.16. The van der Waals surface area contributed by atoms with Crippen LogP contribution >= 0.6 is 0 Å². The number of allylic oxidation sites excluding steroid dienone is 2. The second kappa shape index (κ2) is 2.69. The van der Waals surface area contributed by atoms with E-state index < -0.39 is 5.60 Å². The average Bonchev–Trinajstić information content (AvgIpc) is 2.05. The summed E-state index contributed by atoms with van der Waals surface area (Å²) >= 11 is 0. The first kappa shape index (κ1) is 7.70. The molecule has 0 aromatic heterocycles. The van der Waals surface area contributed by atoms with E-state index in [0.29, 0.717) is 11.9 Å². The minimum absolute atomic E-state index is 0.251. The first-order chi connectivity index (χ1) is 5.20. The van der Waals surface area contributed by atoms with Gasteiger partial charge in [-0.25, -0.2) is 0 Å². The van der Waals surface area contributed by atoms with Gasteiger partial charge in [-0.15, -0.1) is 0 Å². The first-order valence-electron chi connectivity index (χ1n) is 3.18. The molecule has 0 radical (unpaired) electrons. The summed E-state index contributed by atoms with van der Waals surface area (Å²) in [4.78, 5) is 10.2. The van der Waals surface area contributed by atoms with Gasteiger partial charge in [-0.2, -0.15) is 5.26 Å². The molecule has 1 atom stereocenters. The molecule has 0 saturated heterocycles. The van der Waals surface area contributed by atoms with Gasteiger partial charge < -0.3 is 5.11 Å². The van der Waals surface area contributed by atoms with Gasteiger partial charge in [0.2, 0.25) is 0 Å². The van der Waals surface area contributed by atoms with E-state index in [1.165, 1.54) is 6.08 Å². The molecule has 3 heteroatoms. The highest BCUT2D eigenvalue weighted by molar-refractivity contribution is 5.78. The summed E-state index contributed by atoms with van der Waals surface area (Å²) in [5, 5.41) is 17.8. The molecule has 1 N–H and O–H groups in total. The van der Waals surface area contributed by atoms with Crippen molar-refractivity contribution in [3.8, 4) is 6.07 Å². The van der Waals surface area contributed by atoms with E-state index >= 15 is 0 Å². The largest absolute Gasteiger partial charge is 0.372 e. The standard InChI is InChI=1S/C8H7NO2/c9-6-8(11)3-1-2-7(4-8)5-10/h1-2,4-5,11H,3H2. The number of hydrogen-bond acceptors (Lipinski definition) is 3. The number of nitrogens with zero attached hydrogens (tertiary/aromatic N) is 1. The molecule has 1 rings (SSSR count). The molecular formula is C8H7NO2. The molecule has 0 aromatic rings. The van der Waals surface area contributed by atoms with Gasteiger partial charge >= 0.3 is 0 Å². The molecule has 56 valence electrons. The first-order valence-corrected chi connectivity index (χ1v) is 3.18. The Balaban J connectivity index is 2.95. The van der Waals surface area contributed by atoms with Crippen LogP contribution in [0.25, 0.3) is 0 Å². The number of rotatable bonds is 1. The van der Waals surface area contributed by atoms with Crippen LogP contribution in [0.15, 0.2) is 23.8 Å². The average molecular weight is 149 g/mol. The molecule has 0 aromatic carbocycles. The predicted octanol–water partition coefficient (Wildman–Crippen LogP) is 0.326. The lowest BCUT2D eigenvalue weighted by molar-refractivity contribution is -0.104. The Hall–Kier alpha value is -1.40. The van der Waals surface area contributed by atoms with Crippen molar-refractivity contribution in [1.82, 2.24) is 0 Å². The topological polar surface area (TPSA) is 61.1 Å². The normalized spacial score (nSPS) is 28.9. The highest BCUT2D eigenvalue weighted by Crippen LogP contribution is 2.19. The van der Waals surface area contributed by atoms with Gasteiger partial charge in [0.05, 0.1) is 0 Å². The van der Waals surface area contributed by atoms with E-state index in [9.17, 15) is 9.90 Å². The van der Waals surface area contributed by atoms with Crippen molar-refractivity contribution in [2.75, 3.05) is 0 Å². The third-order valence-corrected chi connectivity index (χ3v) is 1.47. The molecule has 0 fully saturated rings. The van der Waals surface area contributed by atoms with Gasteiger partial charge in [-0.1, -0.05) is 12.2 Å². The Bertz CT molecular complexity index is 272. The molecule has 0 spiro atoms. The molecule has 0 aliphatic heterocycles. The van der Waals surface area contributed by atoms with Crippen molar-refractivity contribution in [3.63, 3.8) is 0 Å². The van der Waals surface area contributed by atoms with Crippen LogP contribution in [0.5, 0.6) is 0 Å². The summed E-state index contributed by atoms with van der Waals surface area (Å²) in [5.74, 6) is 0. The quantitative estimate of drug-likeness (QED) is 0.431. The molecule has 1 aliphatic carbocycles. The number of nitriles is 1. The van der Waals surface area contributed by atoms with E-state index in [4.69, 9.17) is 5.26 Å². The number of carbonyl (C=O) groups excluding carboxylic acids is 1. The van der Waals surface area contributed by atoms with Crippen LogP contribution in [0.2, 0.25) is 0 Å². The summed E-state index contributed by atoms with van der Waals surface area (Å²) in [5.41, 5.74) is -1.13. The molecule has 1 unspecified atom stereocenters. The Morgan fingerprint density at radius 1 is 1.82 bits per heavy atom. The zero-order valence-electron chi connectivity index (χ0n) is 5.82. The van der Waals surface area contributed by atoms with E-state index in [0.717, 1.165) is 0 Å². The number of aliphatic hydroxyl groups is 1. The summed E-state index contributed by atoms with van der Waals surface area (Å²) in [7, 11) is 0. The van der Waals surface area contributed by atoms with Gasteiger partial charge in [-0.3, -0.25) is 4.79 Å². The minimum atomic E-state index is -1.48. The van der Waals surface area contributed by atoms with Crippen molar-refractivity contribution >= 4 is 6.29 Å². The van der Waals surface area contributed by atoms with Crippen LogP contribution in [0.1, 0.15) is 6.42 Å². The van der Waals surface area contributed by atoms with Crippen LogP contribution in [0.3, 0.4) is 0 Å². The summed E-state index contributed by atoms with van der Waals surface area (Å²) in [6.45, 7) is 0. The Morgan fingerprint density at radius 2 is 2.55 bits per heavy atom. The van der Waals surface area contributed by atoms with E-state index in [2.05, 4.69) is 0 Å². The van der Waals surface area contributed by atoms with E-state index in [1.54, 1.807) is 18.2 Å². The molecule has 11 heavy (non-hydrogen) atoms. The summed E-state index contributed by atoms with van der Waals surface area (Å²) in [6, 6.07) is 1.71. The fourth-order valence-corrected chi connectivity index (χ4v) is 0.909. The molecule has 0 amide bonds. The summed E-state index contributed by atoms with van der Waals surface area (Å²) < 4.78 is 0.